The lowest BCUT2D eigenvalue weighted by Gasteiger charge is -2.33. The van der Waals surface area contributed by atoms with Crippen molar-refractivity contribution >= 4 is 71.6 Å². The van der Waals surface area contributed by atoms with Gasteiger partial charge in [-0.3, -0.25) is 0 Å². The molecule has 0 amide bonds. The van der Waals surface area contributed by atoms with E-state index in [4.69, 9.17) is 4.42 Å². The summed E-state index contributed by atoms with van der Waals surface area (Å²) < 4.78 is 9.05. The summed E-state index contributed by atoms with van der Waals surface area (Å²) in [4.78, 5) is 2.49. The lowest BCUT2D eigenvalue weighted by Crippen LogP contribution is -2.26. The fourth-order valence-electron chi connectivity index (χ4n) is 12.2. The minimum atomic E-state index is -0.483. The highest BCUT2D eigenvalue weighted by molar-refractivity contribution is 6.16. The summed E-state index contributed by atoms with van der Waals surface area (Å²) in [6.45, 7) is 0. The van der Waals surface area contributed by atoms with Crippen molar-refractivity contribution in [3.05, 3.63) is 265 Å². The summed E-state index contributed by atoms with van der Waals surface area (Å²) in [7, 11) is 0. The number of furan rings is 1. The van der Waals surface area contributed by atoms with Crippen molar-refractivity contribution in [3.63, 3.8) is 0 Å². The monoisotopic (exact) mass is 864 g/mol. The van der Waals surface area contributed by atoms with Gasteiger partial charge in [0.25, 0.3) is 0 Å². The molecule has 0 radical (unpaired) electrons. The Labute approximate surface area is 393 Å². The number of para-hydroxylation sites is 3. The second-order valence-corrected chi connectivity index (χ2v) is 18.3. The molecule has 2 heterocycles. The van der Waals surface area contributed by atoms with Gasteiger partial charge in [-0.1, -0.05) is 176 Å². The van der Waals surface area contributed by atoms with E-state index >= 15 is 0 Å². The summed E-state index contributed by atoms with van der Waals surface area (Å²) in [5.41, 5.74) is 20.7. The van der Waals surface area contributed by atoms with E-state index in [0.717, 1.165) is 61.2 Å². The molecule has 11 aromatic carbocycles. The van der Waals surface area contributed by atoms with Gasteiger partial charge >= 0.3 is 0 Å². The molecular weight excluding hydrogens is 825 g/mol. The van der Waals surface area contributed by atoms with Crippen LogP contribution in [0.4, 0.5) is 17.1 Å². The van der Waals surface area contributed by atoms with Gasteiger partial charge in [0.1, 0.15) is 11.2 Å². The number of rotatable bonds is 5. The number of hydrogen-bond acceptors (Lipinski definition) is 2. The third kappa shape index (κ3) is 5.02. The molecule has 0 atom stereocenters. The third-order valence-corrected chi connectivity index (χ3v) is 15.0. The average molecular weight is 865 g/mol. The van der Waals surface area contributed by atoms with Crippen molar-refractivity contribution in [1.29, 1.82) is 0 Å². The van der Waals surface area contributed by atoms with E-state index in [1.165, 1.54) is 71.7 Å². The highest BCUT2D eigenvalue weighted by Crippen LogP contribution is 2.63. The molecule has 13 aromatic rings. The number of aromatic nitrogens is 1. The second-order valence-electron chi connectivity index (χ2n) is 18.3. The molecule has 316 valence electrons. The van der Waals surface area contributed by atoms with Crippen LogP contribution in [0.5, 0.6) is 0 Å². The van der Waals surface area contributed by atoms with Crippen molar-refractivity contribution < 1.29 is 4.42 Å². The number of fused-ring (bicyclic) bond motifs is 18. The Balaban J connectivity index is 0.991. The molecule has 2 aromatic heterocycles. The fourth-order valence-corrected chi connectivity index (χ4v) is 12.2. The second kappa shape index (κ2) is 14.0. The molecule has 3 nitrogen and oxygen atoms in total. The zero-order valence-corrected chi connectivity index (χ0v) is 36.9. The van der Waals surface area contributed by atoms with Gasteiger partial charge in [0, 0.05) is 49.6 Å². The van der Waals surface area contributed by atoms with Crippen LogP contribution in [-0.2, 0) is 5.41 Å². The molecule has 0 N–H and O–H groups in total. The molecule has 3 heteroatoms. The minimum Gasteiger partial charge on any atom is -0.455 e. The fraction of sp³-hybridized carbons (Fsp3) is 0.0154. The first-order chi connectivity index (χ1) is 33.7. The highest BCUT2D eigenvalue weighted by atomic mass is 16.3. The maximum atomic E-state index is 6.63. The molecular formula is C65H40N2O. The van der Waals surface area contributed by atoms with E-state index in [9.17, 15) is 0 Å². The smallest absolute Gasteiger partial charge is 0.143 e. The predicted molar refractivity (Wildman–Crippen MR) is 282 cm³/mol. The van der Waals surface area contributed by atoms with Gasteiger partial charge in [-0.2, -0.15) is 0 Å². The average Bonchev–Trinajstić information content (AvgIpc) is 4.13. The van der Waals surface area contributed by atoms with Gasteiger partial charge in [0.2, 0.25) is 0 Å². The van der Waals surface area contributed by atoms with E-state index < -0.39 is 5.41 Å². The molecule has 15 rings (SSSR count). The van der Waals surface area contributed by atoms with Gasteiger partial charge in [-0.15, -0.1) is 0 Å². The molecule has 0 unspecified atom stereocenters. The summed E-state index contributed by atoms with van der Waals surface area (Å²) >= 11 is 0. The van der Waals surface area contributed by atoms with Crippen molar-refractivity contribution in [3.8, 4) is 39.1 Å². The molecule has 0 bridgehead atoms. The normalized spacial score (nSPS) is 13.1. The lowest BCUT2D eigenvalue weighted by molar-refractivity contribution is 0.672. The summed E-state index contributed by atoms with van der Waals surface area (Å²) in [5, 5.41) is 7.01. The summed E-state index contributed by atoms with van der Waals surface area (Å²) in [6.07, 6.45) is 0. The van der Waals surface area contributed by atoms with Crippen LogP contribution in [0.3, 0.4) is 0 Å². The van der Waals surface area contributed by atoms with Crippen LogP contribution in [0.2, 0.25) is 0 Å². The van der Waals surface area contributed by atoms with Crippen LogP contribution < -0.4 is 4.90 Å². The Bertz CT molecular complexity index is 4130. The zero-order chi connectivity index (χ0) is 44.5. The Morgan fingerprint density at radius 2 is 0.926 bits per heavy atom. The van der Waals surface area contributed by atoms with Crippen LogP contribution in [0, 0.1) is 0 Å². The first-order valence-electron chi connectivity index (χ1n) is 23.5. The minimum absolute atomic E-state index is 0.483. The van der Waals surface area contributed by atoms with E-state index in [0.29, 0.717) is 0 Å². The van der Waals surface area contributed by atoms with E-state index in [2.05, 4.69) is 252 Å². The zero-order valence-electron chi connectivity index (χ0n) is 36.9. The number of anilines is 3. The number of nitrogens with zero attached hydrogens (tertiary/aromatic N) is 2. The SMILES string of the molecule is c1cc(N(c2ccc3c(c2)C2(c4ccccc4-c4ccccc42)c2ccccc2-3)c2ccccc2-c2ccc3oc4c5ccccc5ccc4c3c2)cc(-n2c3ccccc3c3ccccc32)c1. The van der Waals surface area contributed by atoms with Gasteiger partial charge in [0.05, 0.1) is 22.1 Å². The Morgan fingerprint density at radius 1 is 0.353 bits per heavy atom. The molecule has 0 aliphatic heterocycles. The molecule has 1 spiro atoms. The van der Waals surface area contributed by atoms with Crippen LogP contribution in [-0.4, -0.2) is 4.57 Å². The molecule has 2 aliphatic rings. The maximum absolute atomic E-state index is 6.63. The Hall–Kier alpha value is -8.92. The van der Waals surface area contributed by atoms with Crippen LogP contribution in [0.25, 0.3) is 93.6 Å². The molecule has 0 saturated heterocycles. The lowest BCUT2D eigenvalue weighted by atomic mass is 9.70. The van der Waals surface area contributed by atoms with Crippen LogP contribution in [0.1, 0.15) is 22.3 Å². The quantitative estimate of drug-likeness (QED) is 0.172. The summed E-state index contributed by atoms with van der Waals surface area (Å²) in [5.74, 6) is 0. The first-order valence-corrected chi connectivity index (χ1v) is 23.5. The summed E-state index contributed by atoms with van der Waals surface area (Å²) in [6, 6.07) is 89.5. The van der Waals surface area contributed by atoms with E-state index in [1.54, 1.807) is 0 Å². The molecule has 0 fully saturated rings. The van der Waals surface area contributed by atoms with Crippen molar-refractivity contribution in [2.24, 2.45) is 0 Å². The topological polar surface area (TPSA) is 21.3 Å². The van der Waals surface area contributed by atoms with Crippen molar-refractivity contribution in [2.45, 2.75) is 5.41 Å². The van der Waals surface area contributed by atoms with Gasteiger partial charge in [-0.25, -0.2) is 0 Å². The standard InChI is InChI=1S/C65H40N2O/c1-2-20-47-41(16-1)32-35-54-55-38-42(33-37-63(55)68-64(47)54)46-19-6-12-29-60(46)66(43-17-15-18-44(39-43)67-61-30-13-7-24-52(61)53-25-8-14-31-62(53)67)45-34-36-51-50-23-5-11-28-58(50)65(59(51)40-45)56-26-9-3-21-48(56)49-22-4-10-27-57(49)65/h1-40H. The maximum Gasteiger partial charge on any atom is 0.143 e. The van der Waals surface area contributed by atoms with E-state index in [1.807, 2.05) is 0 Å². The van der Waals surface area contributed by atoms with E-state index in [-0.39, 0.29) is 0 Å². The predicted octanol–water partition coefficient (Wildman–Crippen LogP) is 17.3. The Morgan fingerprint density at radius 3 is 1.63 bits per heavy atom. The number of hydrogen-bond donors (Lipinski definition) is 0. The molecule has 68 heavy (non-hydrogen) atoms. The molecule has 0 saturated carbocycles. The van der Waals surface area contributed by atoms with Crippen molar-refractivity contribution in [2.75, 3.05) is 4.90 Å². The number of benzene rings is 11. The highest BCUT2D eigenvalue weighted by Gasteiger charge is 2.51. The largest absolute Gasteiger partial charge is 0.455 e. The van der Waals surface area contributed by atoms with Gasteiger partial charge in [-0.05, 0) is 122 Å². The first kappa shape index (κ1) is 37.3. The van der Waals surface area contributed by atoms with Crippen LogP contribution in [0.15, 0.2) is 247 Å². The van der Waals surface area contributed by atoms with Crippen LogP contribution >= 0.6 is 0 Å². The van der Waals surface area contributed by atoms with Crippen molar-refractivity contribution in [1.82, 2.24) is 4.57 Å². The molecule has 2 aliphatic carbocycles. The van der Waals surface area contributed by atoms with Gasteiger partial charge in [0.15, 0.2) is 0 Å². The van der Waals surface area contributed by atoms with Gasteiger partial charge < -0.3 is 13.9 Å². The Kier molecular flexibility index (Phi) is 7.71. The third-order valence-electron chi connectivity index (χ3n) is 15.0.